The summed E-state index contributed by atoms with van der Waals surface area (Å²) in [4.78, 5) is 41.6. The second-order valence-electron chi connectivity index (χ2n) is 8.40. The summed E-state index contributed by atoms with van der Waals surface area (Å²) < 4.78 is 5.09. The van der Waals surface area contributed by atoms with Crippen LogP contribution < -0.4 is 10.2 Å². The first-order valence-corrected chi connectivity index (χ1v) is 13.3. The topological polar surface area (TPSA) is 75.7 Å². The molecule has 1 aliphatic rings. The standard InChI is InChI=1S/C29H27ClN2O4S/c1-3-5-7-19-10-14-23(15-11-19)32-27(33)25(26(28(32)34)37-24-16-12-21(30)13-17-24)31-22-9-6-8-20(18-22)29(35)36-4-2/h6,8-18,31H,3-5,7H2,1-2H3. The van der Waals surface area contributed by atoms with E-state index in [1.807, 2.05) is 12.1 Å². The number of rotatable bonds is 10. The van der Waals surface area contributed by atoms with Crippen LogP contribution in [-0.4, -0.2) is 24.4 Å². The Hall–Kier alpha value is -3.55. The van der Waals surface area contributed by atoms with Crippen molar-refractivity contribution in [1.29, 1.82) is 0 Å². The van der Waals surface area contributed by atoms with Gasteiger partial charge in [-0.3, -0.25) is 9.59 Å². The van der Waals surface area contributed by atoms with Crippen molar-refractivity contribution in [3.8, 4) is 0 Å². The van der Waals surface area contributed by atoms with E-state index in [1.165, 1.54) is 16.7 Å². The maximum atomic E-state index is 13.6. The number of amides is 2. The van der Waals surface area contributed by atoms with Gasteiger partial charge in [-0.15, -0.1) is 0 Å². The van der Waals surface area contributed by atoms with Gasteiger partial charge in [0.2, 0.25) is 0 Å². The molecule has 1 aliphatic heterocycles. The van der Waals surface area contributed by atoms with E-state index in [2.05, 4.69) is 12.2 Å². The maximum absolute atomic E-state index is 13.6. The number of hydrogen-bond acceptors (Lipinski definition) is 6. The second-order valence-corrected chi connectivity index (χ2v) is 9.92. The lowest BCUT2D eigenvalue weighted by atomic mass is 10.1. The Morgan fingerprint density at radius 3 is 2.38 bits per heavy atom. The molecule has 37 heavy (non-hydrogen) atoms. The molecule has 2 amide bonds. The van der Waals surface area contributed by atoms with Gasteiger partial charge in [-0.2, -0.15) is 0 Å². The summed E-state index contributed by atoms with van der Waals surface area (Å²) in [6, 6.07) is 21.2. The zero-order chi connectivity index (χ0) is 26.4. The largest absolute Gasteiger partial charge is 0.462 e. The number of nitrogens with zero attached hydrogens (tertiary/aromatic N) is 1. The molecule has 4 rings (SSSR count). The molecular formula is C29H27ClN2O4S. The summed E-state index contributed by atoms with van der Waals surface area (Å²) in [6.07, 6.45) is 3.11. The lowest BCUT2D eigenvalue weighted by Crippen LogP contribution is -2.32. The Balaban J connectivity index is 1.67. The Bertz CT molecular complexity index is 1340. The number of hydrogen-bond donors (Lipinski definition) is 1. The van der Waals surface area contributed by atoms with Gasteiger partial charge in [-0.05, 0) is 79.9 Å². The van der Waals surface area contributed by atoms with E-state index in [9.17, 15) is 14.4 Å². The summed E-state index contributed by atoms with van der Waals surface area (Å²) in [6.45, 7) is 4.12. The van der Waals surface area contributed by atoms with Crippen molar-refractivity contribution < 1.29 is 19.1 Å². The Morgan fingerprint density at radius 1 is 0.973 bits per heavy atom. The molecule has 6 nitrogen and oxygen atoms in total. The average Bonchev–Trinajstić information content (AvgIpc) is 3.13. The fourth-order valence-electron chi connectivity index (χ4n) is 3.84. The van der Waals surface area contributed by atoms with Crippen LogP contribution in [0.3, 0.4) is 0 Å². The van der Waals surface area contributed by atoms with Gasteiger partial charge in [0.1, 0.15) is 10.6 Å². The first kappa shape index (κ1) is 26.5. The minimum Gasteiger partial charge on any atom is -0.462 e. The second kappa shape index (κ2) is 12.1. The van der Waals surface area contributed by atoms with Crippen LogP contribution >= 0.6 is 23.4 Å². The number of nitrogens with one attached hydrogen (secondary N) is 1. The zero-order valence-electron chi connectivity index (χ0n) is 20.6. The number of anilines is 2. The van der Waals surface area contributed by atoms with Crippen molar-refractivity contribution in [2.24, 2.45) is 0 Å². The third-order valence-electron chi connectivity index (χ3n) is 5.73. The van der Waals surface area contributed by atoms with Gasteiger partial charge in [-0.1, -0.05) is 54.9 Å². The van der Waals surface area contributed by atoms with Gasteiger partial charge in [0.25, 0.3) is 11.8 Å². The number of carbonyl (C=O) groups excluding carboxylic acids is 3. The molecule has 3 aromatic carbocycles. The lowest BCUT2D eigenvalue weighted by Gasteiger charge is -2.16. The minimum absolute atomic E-state index is 0.140. The Morgan fingerprint density at radius 2 is 1.70 bits per heavy atom. The molecule has 0 saturated heterocycles. The monoisotopic (exact) mass is 534 g/mol. The highest BCUT2D eigenvalue weighted by Crippen LogP contribution is 2.38. The smallest absolute Gasteiger partial charge is 0.338 e. The van der Waals surface area contributed by atoms with Crippen molar-refractivity contribution in [2.45, 2.75) is 38.0 Å². The highest BCUT2D eigenvalue weighted by Gasteiger charge is 2.40. The van der Waals surface area contributed by atoms with Gasteiger partial charge in [0.05, 0.1) is 17.9 Å². The molecular weight excluding hydrogens is 508 g/mol. The number of unbranched alkanes of at least 4 members (excludes halogenated alkanes) is 1. The van der Waals surface area contributed by atoms with E-state index in [0.29, 0.717) is 22.0 Å². The predicted octanol–water partition coefficient (Wildman–Crippen LogP) is 6.85. The molecule has 0 bridgehead atoms. The number of aryl methyl sites for hydroxylation is 1. The molecule has 0 radical (unpaired) electrons. The SMILES string of the molecule is CCCCc1ccc(N2C(=O)C(Nc3cccc(C(=O)OCC)c3)=C(Sc3ccc(Cl)cc3)C2=O)cc1. The summed E-state index contributed by atoms with van der Waals surface area (Å²) in [5, 5.41) is 3.67. The van der Waals surface area contributed by atoms with Crippen LogP contribution in [0.2, 0.25) is 5.02 Å². The molecule has 190 valence electrons. The molecule has 1 heterocycles. The van der Waals surface area contributed by atoms with E-state index in [0.717, 1.165) is 29.7 Å². The van der Waals surface area contributed by atoms with Crippen molar-refractivity contribution >= 4 is 52.5 Å². The maximum Gasteiger partial charge on any atom is 0.338 e. The molecule has 0 fully saturated rings. The minimum atomic E-state index is -0.468. The van der Waals surface area contributed by atoms with E-state index in [4.69, 9.17) is 16.3 Å². The molecule has 0 spiro atoms. The molecule has 8 heteroatoms. The van der Waals surface area contributed by atoms with Crippen molar-refractivity contribution in [2.75, 3.05) is 16.8 Å². The highest BCUT2D eigenvalue weighted by atomic mass is 35.5. The van der Waals surface area contributed by atoms with Gasteiger partial charge in [-0.25, -0.2) is 9.69 Å². The summed E-state index contributed by atoms with van der Waals surface area (Å²) >= 11 is 7.21. The van der Waals surface area contributed by atoms with Crippen molar-refractivity contribution in [1.82, 2.24) is 0 Å². The van der Waals surface area contributed by atoms with E-state index >= 15 is 0 Å². The molecule has 0 saturated carbocycles. The van der Waals surface area contributed by atoms with Crippen LogP contribution in [-0.2, 0) is 20.7 Å². The van der Waals surface area contributed by atoms with Crippen LogP contribution in [0, 0.1) is 0 Å². The fraction of sp³-hybridized carbons (Fsp3) is 0.207. The molecule has 0 aliphatic carbocycles. The van der Waals surface area contributed by atoms with Crippen LogP contribution in [0.15, 0.2) is 88.3 Å². The van der Waals surface area contributed by atoms with Gasteiger partial charge in [0, 0.05) is 15.6 Å². The normalized spacial score (nSPS) is 13.3. The molecule has 1 N–H and O–H groups in total. The highest BCUT2D eigenvalue weighted by molar-refractivity contribution is 8.04. The number of halogens is 1. The fourth-order valence-corrected chi connectivity index (χ4v) is 4.90. The first-order valence-electron chi connectivity index (χ1n) is 12.1. The third-order valence-corrected chi connectivity index (χ3v) is 7.07. The molecule has 0 atom stereocenters. The van der Waals surface area contributed by atoms with Crippen LogP contribution in [0.25, 0.3) is 0 Å². The number of thioether (sulfide) groups is 1. The van der Waals surface area contributed by atoms with Crippen molar-refractivity contribution in [3.63, 3.8) is 0 Å². The zero-order valence-corrected chi connectivity index (χ0v) is 22.2. The van der Waals surface area contributed by atoms with E-state index in [1.54, 1.807) is 67.6 Å². The van der Waals surface area contributed by atoms with Gasteiger partial charge < -0.3 is 10.1 Å². The average molecular weight is 535 g/mol. The van der Waals surface area contributed by atoms with Gasteiger partial charge >= 0.3 is 5.97 Å². The van der Waals surface area contributed by atoms with Crippen LogP contribution in [0.5, 0.6) is 0 Å². The Labute approximate surface area is 225 Å². The van der Waals surface area contributed by atoms with Gasteiger partial charge in [0.15, 0.2) is 0 Å². The van der Waals surface area contributed by atoms with E-state index < -0.39 is 17.8 Å². The summed E-state index contributed by atoms with van der Waals surface area (Å²) in [5.41, 5.74) is 2.63. The molecule has 0 aromatic heterocycles. The predicted molar refractivity (Wildman–Crippen MR) is 148 cm³/mol. The van der Waals surface area contributed by atoms with Crippen molar-refractivity contribution in [3.05, 3.63) is 99.5 Å². The number of benzene rings is 3. The van der Waals surface area contributed by atoms with Crippen LogP contribution in [0.1, 0.15) is 42.6 Å². The summed E-state index contributed by atoms with van der Waals surface area (Å²) in [7, 11) is 0. The molecule has 3 aromatic rings. The number of imide groups is 1. The Kier molecular flexibility index (Phi) is 8.69. The summed E-state index contributed by atoms with van der Waals surface area (Å²) in [5.74, 6) is -1.35. The number of esters is 1. The van der Waals surface area contributed by atoms with Crippen LogP contribution in [0.4, 0.5) is 11.4 Å². The lowest BCUT2D eigenvalue weighted by molar-refractivity contribution is -0.120. The molecule has 0 unspecified atom stereocenters. The first-order chi connectivity index (χ1) is 17.9. The quantitative estimate of drug-likeness (QED) is 0.226. The van der Waals surface area contributed by atoms with E-state index in [-0.39, 0.29) is 17.2 Å². The number of carbonyl (C=O) groups is 3. The number of ether oxygens (including phenoxy) is 1. The third kappa shape index (κ3) is 6.24.